The van der Waals surface area contributed by atoms with Crippen molar-refractivity contribution in [3.8, 4) is 11.4 Å². The minimum atomic E-state index is 0.333. The van der Waals surface area contributed by atoms with Gasteiger partial charge in [-0.05, 0) is 37.6 Å². The van der Waals surface area contributed by atoms with Gasteiger partial charge in [-0.1, -0.05) is 23.7 Å². The lowest BCUT2D eigenvalue weighted by atomic mass is 10.2. The van der Waals surface area contributed by atoms with Gasteiger partial charge in [-0.25, -0.2) is 4.99 Å². The van der Waals surface area contributed by atoms with Gasteiger partial charge in [0.25, 0.3) is 0 Å². The molecule has 0 spiro atoms. The van der Waals surface area contributed by atoms with Crippen molar-refractivity contribution in [2.45, 2.75) is 26.8 Å². The number of rotatable bonds is 6. The predicted octanol–water partition coefficient (Wildman–Crippen LogP) is 2.86. The number of guanidine groups is 1. The number of hydrogen-bond donors (Lipinski definition) is 2. The summed E-state index contributed by atoms with van der Waals surface area (Å²) in [5, 5.41) is 11.0. The molecule has 22 heavy (non-hydrogen) atoms. The molecule has 0 radical (unpaired) electrons. The Morgan fingerprint density at radius 2 is 2.00 bits per heavy atom. The van der Waals surface area contributed by atoms with Crippen LogP contribution in [0.3, 0.4) is 0 Å². The molecule has 118 valence electrons. The molecule has 2 aromatic rings. The zero-order chi connectivity index (χ0) is 15.8. The van der Waals surface area contributed by atoms with E-state index in [4.69, 9.17) is 16.1 Å². The third kappa shape index (κ3) is 4.73. The molecule has 7 heteroatoms. The second kappa shape index (κ2) is 8.38. The first-order valence-corrected chi connectivity index (χ1v) is 7.71. The van der Waals surface area contributed by atoms with Crippen LogP contribution >= 0.6 is 11.6 Å². The van der Waals surface area contributed by atoms with E-state index < -0.39 is 0 Å². The lowest BCUT2D eigenvalue weighted by Gasteiger charge is -2.09. The summed E-state index contributed by atoms with van der Waals surface area (Å²) >= 11 is 5.86. The van der Waals surface area contributed by atoms with Crippen molar-refractivity contribution in [2.24, 2.45) is 4.99 Å². The van der Waals surface area contributed by atoms with Gasteiger partial charge in [0.1, 0.15) is 6.54 Å². The molecule has 0 atom stereocenters. The number of aromatic nitrogens is 2. The third-order valence-corrected chi connectivity index (χ3v) is 3.08. The average molecular weight is 322 g/mol. The number of aliphatic imine (C=N–C) groups is 1. The quantitative estimate of drug-likeness (QED) is 0.632. The van der Waals surface area contributed by atoms with E-state index in [1.807, 2.05) is 19.1 Å². The zero-order valence-electron chi connectivity index (χ0n) is 12.8. The molecule has 0 unspecified atom stereocenters. The molecule has 0 aliphatic heterocycles. The highest BCUT2D eigenvalue weighted by atomic mass is 35.5. The van der Waals surface area contributed by atoms with Gasteiger partial charge in [-0.3, -0.25) is 0 Å². The van der Waals surface area contributed by atoms with E-state index in [1.54, 1.807) is 12.1 Å². The number of nitrogens with zero attached hydrogens (tertiary/aromatic N) is 3. The Kier molecular flexibility index (Phi) is 6.21. The molecule has 6 nitrogen and oxygen atoms in total. The Labute approximate surface area is 135 Å². The highest BCUT2D eigenvalue weighted by molar-refractivity contribution is 6.30. The van der Waals surface area contributed by atoms with E-state index in [-0.39, 0.29) is 0 Å². The molecule has 0 bridgehead atoms. The lowest BCUT2D eigenvalue weighted by Crippen LogP contribution is -2.37. The fourth-order valence-electron chi connectivity index (χ4n) is 1.77. The fraction of sp³-hybridized carbons (Fsp3) is 0.400. The summed E-state index contributed by atoms with van der Waals surface area (Å²) in [7, 11) is 0. The molecule has 0 fully saturated rings. The van der Waals surface area contributed by atoms with Crippen molar-refractivity contribution in [3.63, 3.8) is 0 Å². The maximum atomic E-state index is 5.86. The Morgan fingerprint density at radius 1 is 1.23 bits per heavy atom. The van der Waals surface area contributed by atoms with Crippen LogP contribution in [0.4, 0.5) is 0 Å². The molecule has 1 aromatic heterocycles. The molecule has 0 saturated carbocycles. The van der Waals surface area contributed by atoms with Gasteiger partial charge in [0.05, 0.1) is 0 Å². The van der Waals surface area contributed by atoms with Crippen LogP contribution in [-0.2, 0) is 6.54 Å². The molecule has 2 rings (SSSR count). The molecule has 0 amide bonds. The van der Waals surface area contributed by atoms with Crippen LogP contribution in [0.25, 0.3) is 11.4 Å². The summed E-state index contributed by atoms with van der Waals surface area (Å²) in [4.78, 5) is 8.76. The van der Waals surface area contributed by atoms with Crippen molar-refractivity contribution in [1.29, 1.82) is 0 Å². The van der Waals surface area contributed by atoms with E-state index in [9.17, 15) is 0 Å². The monoisotopic (exact) mass is 321 g/mol. The van der Waals surface area contributed by atoms with Crippen molar-refractivity contribution in [2.75, 3.05) is 13.1 Å². The summed E-state index contributed by atoms with van der Waals surface area (Å²) < 4.78 is 5.23. The van der Waals surface area contributed by atoms with Crippen LogP contribution in [0, 0.1) is 0 Å². The van der Waals surface area contributed by atoms with Gasteiger partial charge < -0.3 is 15.2 Å². The molecule has 0 saturated heterocycles. The average Bonchev–Trinajstić information content (AvgIpc) is 3.00. The first-order chi connectivity index (χ1) is 10.7. The molecule has 0 aliphatic carbocycles. The highest BCUT2D eigenvalue weighted by Gasteiger charge is 2.08. The minimum absolute atomic E-state index is 0.333. The van der Waals surface area contributed by atoms with E-state index >= 15 is 0 Å². The largest absolute Gasteiger partial charge is 0.357 e. The summed E-state index contributed by atoms with van der Waals surface area (Å²) in [6.45, 7) is 6.13. The van der Waals surface area contributed by atoms with Gasteiger partial charge in [-0.15, -0.1) is 0 Å². The van der Waals surface area contributed by atoms with Crippen LogP contribution in [0.2, 0.25) is 5.02 Å². The van der Waals surface area contributed by atoms with Gasteiger partial charge in [0.2, 0.25) is 11.7 Å². The van der Waals surface area contributed by atoms with E-state index in [0.717, 1.165) is 31.0 Å². The van der Waals surface area contributed by atoms with E-state index in [1.165, 1.54) is 0 Å². The summed E-state index contributed by atoms with van der Waals surface area (Å²) in [6, 6.07) is 7.30. The number of hydrogen-bond acceptors (Lipinski definition) is 4. The second-order valence-electron chi connectivity index (χ2n) is 4.64. The third-order valence-electron chi connectivity index (χ3n) is 2.83. The molecular weight excluding hydrogens is 302 g/mol. The van der Waals surface area contributed by atoms with E-state index in [2.05, 4.69) is 32.7 Å². The maximum Gasteiger partial charge on any atom is 0.248 e. The summed E-state index contributed by atoms with van der Waals surface area (Å²) in [5.74, 6) is 1.75. The van der Waals surface area contributed by atoms with Crippen LogP contribution in [-0.4, -0.2) is 29.2 Å². The molecular formula is C15H20ClN5O. The van der Waals surface area contributed by atoms with Crippen LogP contribution in [0.5, 0.6) is 0 Å². The van der Waals surface area contributed by atoms with Crippen LogP contribution in [0.15, 0.2) is 33.8 Å². The molecule has 0 aliphatic rings. The van der Waals surface area contributed by atoms with Gasteiger partial charge in [-0.2, -0.15) is 4.98 Å². The Morgan fingerprint density at radius 3 is 2.68 bits per heavy atom. The number of halogens is 1. The summed E-state index contributed by atoms with van der Waals surface area (Å²) in [5.41, 5.74) is 0.861. The number of benzene rings is 1. The molecule has 1 aromatic carbocycles. The van der Waals surface area contributed by atoms with Crippen molar-refractivity contribution in [3.05, 3.63) is 35.2 Å². The molecule has 2 N–H and O–H groups in total. The van der Waals surface area contributed by atoms with Crippen molar-refractivity contribution >= 4 is 17.6 Å². The fourth-order valence-corrected chi connectivity index (χ4v) is 1.89. The zero-order valence-corrected chi connectivity index (χ0v) is 13.5. The SMILES string of the molecule is CCCNC(=NCc1nc(-c2ccc(Cl)cc2)no1)NCC. The van der Waals surface area contributed by atoms with E-state index in [0.29, 0.717) is 23.3 Å². The normalized spacial score (nSPS) is 11.5. The predicted molar refractivity (Wildman–Crippen MR) is 87.9 cm³/mol. The Balaban J connectivity index is 2.02. The topological polar surface area (TPSA) is 75.3 Å². The maximum absolute atomic E-state index is 5.86. The van der Waals surface area contributed by atoms with Crippen molar-refractivity contribution < 1.29 is 4.52 Å². The Bertz CT molecular complexity index is 609. The molecule has 1 heterocycles. The summed E-state index contributed by atoms with van der Waals surface area (Å²) in [6.07, 6.45) is 1.03. The second-order valence-corrected chi connectivity index (χ2v) is 5.08. The minimum Gasteiger partial charge on any atom is -0.357 e. The van der Waals surface area contributed by atoms with Gasteiger partial charge in [0, 0.05) is 23.7 Å². The first-order valence-electron chi connectivity index (χ1n) is 7.33. The lowest BCUT2D eigenvalue weighted by molar-refractivity contribution is 0.380. The van der Waals surface area contributed by atoms with Crippen LogP contribution < -0.4 is 10.6 Å². The van der Waals surface area contributed by atoms with Crippen LogP contribution in [0.1, 0.15) is 26.2 Å². The standard InChI is InChI=1S/C15H20ClN5O/c1-3-9-18-15(17-4-2)19-10-13-20-14(21-22-13)11-5-7-12(16)8-6-11/h5-8H,3-4,9-10H2,1-2H3,(H2,17,18,19). The Hall–Kier alpha value is -2.08. The number of nitrogens with one attached hydrogen (secondary N) is 2. The first kappa shape index (κ1) is 16.3. The highest BCUT2D eigenvalue weighted by Crippen LogP contribution is 2.18. The van der Waals surface area contributed by atoms with Gasteiger partial charge in [0.15, 0.2) is 5.96 Å². The van der Waals surface area contributed by atoms with Crippen molar-refractivity contribution in [1.82, 2.24) is 20.8 Å². The van der Waals surface area contributed by atoms with Gasteiger partial charge >= 0.3 is 0 Å². The smallest absolute Gasteiger partial charge is 0.248 e.